The normalized spacial score (nSPS) is 27.1. The van der Waals surface area contributed by atoms with Crippen LogP contribution in [0.25, 0.3) is 0 Å². The number of carbonyl (C=O) groups excluding carboxylic acids is 2. The van der Waals surface area contributed by atoms with E-state index in [1.54, 1.807) is 0 Å². The molecule has 0 radical (unpaired) electrons. The molecule has 2 aliphatic rings. The lowest BCUT2D eigenvalue weighted by Gasteiger charge is -2.29. The Morgan fingerprint density at radius 2 is 2.11 bits per heavy atom. The van der Waals surface area contributed by atoms with Crippen LogP contribution in [0.2, 0.25) is 0 Å². The molecule has 1 amide bonds. The minimum atomic E-state index is -0.305. The van der Waals surface area contributed by atoms with Gasteiger partial charge in [0.1, 0.15) is 12.3 Å². The van der Waals surface area contributed by atoms with Gasteiger partial charge in [-0.2, -0.15) is 0 Å². The van der Waals surface area contributed by atoms with Gasteiger partial charge in [0.25, 0.3) is 0 Å². The Morgan fingerprint density at radius 1 is 1.39 bits per heavy atom. The summed E-state index contributed by atoms with van der Waals surface area (Å²) < 4.78 is 0. The summed E-state index contributed by atoms with van der Waals surface area (Å²) >= 11 is 0. The van der Waals surface area contributed by atoms with Gasteiger partial charge in [0, 0.05) is 6.54 Å². The molecule has 2 atom stereocenters. The number of aldehydes is 1. The van der Waals surface area contributed by atoms with Crippen molar-refractivity contribution in [3.05, 3.63) is 12.2 Å². The Hall–Kier alpha value is -1.16. The monoisotopic (exact) mass is 250 g/mol. The molecule has 2 rings (SSSR count). The molecule has 0 aromatic heterocycles. The molecule has 4 heteroatoms. The molecule has 0 unspecified atom stereocenters. The van der Waals surface area contributed by atoms with Crippen molar-refractivity contribution in [2.75, 3.05) is 13.6 Å². The zero-order valence-electron chi connectivity index (χ0n) is 11.0. The van der Waals surface area contributed by atoms with E-state index in [-0.39, 0.29) is 18.0 Å². The van der Waals surface area contributed by atoms with Crippen LogP contribution < -0.4 is 5.32 Å². The van der Waals surface area contributed by atoms with Crippen LogP contribution in [-0.2, 0) is 9.59 Å². The molecule has 0 saturated heterocycles. The van der Waals surface area contributed by atoms with E-state index in [4.69, 9.17) is 0 Å². The largest absolute Gasteiger partial charge is 0.345 e. The summed E-state index contributed by atoms with van der Waals surface area (Å²) in [5.74, 6) is 0.282. The molecule has 1 fully saturated rings. The molecule has 1 saturated carbocycles. The molecule has 4 nitrogen and oxygen atoms in total. The summed E-state index contributed by atoms with van der Waals surface area (Å²) in [6, 6.07) is -0.517. The second kappa shape index (κ2) is 6.14. The van der Waals surface area contributed by atoms with Crippen molar-refractivity contribution in [2.24, 2.45) is 5.92 Å². The fourth-order valence-electron chi connectivity index (χ4n) is 2.91. The minimum Gasteiger partial charge on any atom is -0.345 e. The lowest BCUT2D eigenvalue weighted by Crippen LogP contribution is -2.49. The van der Waals surface area contributed by atoms with Crippen molar-refractivity contribution in [3.63, 3.8) is 0 Å². The summed E-state index contributed by atoms with van der Waals surface area (Å²) in [4.78, 5) is 25.3. The van der Waals surface area contributed by atoms with Crippen LogP contribution in [0.15, 0.2) is 12.2 Å². The average molecular weight is 250 g/mol. The summed E-state index contributed by atoms with van der Waals surface area (Å²) in [6.45, 7) is 0.799. The molecule has 0 spiro atoms. The van der Waals surface area contributed by atoms with Gasteiger partial charge < -0.3 is 10.1 Å². The number of rotatable bonds is 4. The summed E-state index contributed by atoms with van der Waals surface area (Å²) in [5, 5.41) is 2.91. The van der Waals surface area contributed by atoms with Gasteiger partial charge >= 0.3 is 0 Å². The third-order valence-electron chi connectivity index (χ3n) is 4.07. The zero-order chi connectivity index (χ0) is 13.0. The first-order valence-corrected chi connectivity index (χ1v) is 6.85. The van der Waals surface area contributed by atoms with Gasteiger partial charge in [-0.15, -0.1) is 0 Å². The van der Waals surface area contributed by atoms with Crippen molar-refractivity contribution in [1.82, 2.24) is 10.2 Å². The highest BCUT2D eigenvalue weighted by Gasteiger charge is 2.29. The number of carbonyl (C=O) groups is 2. The van der Waals surface area contributed by atoms with Crippen LogP contribution in [0, 0.1) is 5.92 Å². The Labute approximate surface area is 108 Å². The van der Waals surface area contributed by atoms with Gasteiger partial charge in [0.15, 0.2) is 0 Å². The predicted molar refractivity (Wildman–Crippen MR) is 70.1 cm³/mol. The molecule has 1 aliphatic heterocycles. The molecular formula is C14H22N2O2. The van der Waals surface area contributed by atoms with Gasteiger partial charge in [-0.05, 0) is 25.8 Å². The highest BCUT2D eigenvalue weighted by Crippen LogP contribution is 2.26. The standard InChI is InChI=1S/C14H22N2O2/c1-16-9-5-8-13(16)14(18)15-12(10-17)11-6-3-2-4-7-11/h5,8,10-13H,2-4,6-7,9H2,1H3,(H,15,18)/t12-,13+/m1/s1. The maximum absolute atomic E-state index is 12.1. The zero-order valence-corrected chi connectivity index (χ0v) is 11.0. The molecule has 0 aromatic carbocycles. The summed E-state index contributed by atoms with van der Waals surface area (Å²) in [5.41, 5.74) is 0. The number of hydrogen-bond donors (Lipinski definition) is 1. The van der Waals surface area contributed by atoms with E-state index in [1.165, 1.54) is 19.3 Å². The number of likely N-dealkylation sites (N-methyl/N-ethyl adjacent to an activating group) is 1. The van der Waals surface area contributed by atoms with Gasteiger partial charge in [-0.1, -0.05) is 31.4 Å². The molecule has 18 heavy (non-hydrogen) atoms. The molecule has 1 N–H and O–H groups in total. The van der Waals surface area contributed by atoms with Crippen molar-refractivity contribution < 1.29 is 9.59 Å². The SMILES string of the molecule is CN1CC=C[C@H]1C(=O)N[C@H](C=O)C1CCCCC1. The second-order valence-electron chi connectivity index (χ2n) is 5.38. The molecule has 1 heterocycles. The molecule has 1 aliphatic carbocycles. The minimum absolute atomic E-state index is 0.0473. The lowest BCUT2D eigenvalue weighted by molar-refractivity contribution is -0.127. The first kappa shape index (κ1) is 13.3. The van der Waals surface area contributed by atoms with Crippen LogP contribution >= 0.6 is 0 Å². The van der Waals surface area contributed by atoms with Crippen molar-refractivity contribution in [3.8, 4) is 0 Å². The van der Waals surface area contributed by atoms with E-state index >= 15 is 0 Å². The fourth-order valence-corrected chi connectivity index (χ4v) is 2.91. The van der Waals surface area contributed by atoms with Gasteiger partial charge in [-0.25, -0.2) is 0 Å². The van der Waals surface area contributed by atoms with Gasteiger partial charge in [0.05, 0.1) is 6.04 Å². The first-order chi connectivity index (χ1) is 8.72. The number of amides is 1. The lowest BCUT2D eigenvalue weighted by atomic mass is 9.84. The van der Waals surface area contributed by atoms with Crippen molar-refractivity contribution in [1.29, 1.82) is 0 Å². The number of nitrogens with zero attached hydrogens (tertiary/aromatic N) is 1. The highest BCUT2D eigenvalue weighted by atomic mass is 16.2. The van der Waals surface area contributed by atoms with Crippen LogP contribution in [0.3, 0.4) is 0 Å². The molecule has 0 bridgehead atoms. The van der Waals surface area contributed by atoms with E-state index in [1.807, 2.05) is 24.1 Å². The molecule has 0 aromatic rings. The van der Waals surface area contributed by atoms with E-state index in [2.05, 4.69) is 5.32 Å². The maximum Gasteiger partial charge on any atom is 0.241 e. The Morgan fingerprint density at radius 3 is 2.67 bits per heavy atom. The third kappa shape index (κ3) is 2.99. The van der Waals surface area contributed by atoms with E-state index in [9.17, 15) is 9.59 Å². The third-order valence-corrected chi connectivity index (χ3v) is 4.07. The summed E-state index contributed by atoms with van der Waals surface area (Å²) in [6.07, 6.45) is 10.5. The number of hydrogen-bond acceptors (Lipinski definition) is 3. The Bertz CT molecular complexity index is 335. The van der Waals surface area contributed by atoms with Crippen molar-refractivity contribution >= 4 is 12.2 Å². The molecular weight excluding hydrogens is 228 g/mol. The maximum atomic E-state index is 12.1. The highest BCUT2D eigenvalue weighted by molar-refractivity contribution is 5.86. The molecule has 100 valence electrons. The van der Waals surface area contributed by atoms with E-state index in [0.717, 1.165) is 25.7 Å². The Balaban J connectivity index is 1.91. The number of nitrogens with one attached hydrogen (secondary N) is 1. The van der Waals surface area contributed by atoms with Crippen LogP contribution in [0.5, 0.6) is 0 Å². The quantitative estimate of drug-likeness (QED) is 0.601. The van der Waals surface area contributed by atoms with Gasteiger partial charge in [0.2, 0.25) is 5.91 Å². The van der Waals surface area contributed by atoms with Crippen LogP contribution in [-0.4, -0.2) is 42.8 Å². The predicted octanol–water partition coefficient (Wildman–Crippen LogP) is 1.12. The van der Waals surface area contributed by atoms with Gasteiger partial charge in [-0.3, -0.25) is 9.69 Å². The van der Waals surface area contributed by atoms with Crippen LogP contribution in [0.1, 0.15) is 32.1 Å². The van der Waals surface area contributed by atoms with Crippen LogP contribution in [0.4, 0.5) is 0 Å². The summed E-state index contributed by atoms with van der Waals surface area (Å²) in [7, 11) is 1.92. The first-order valence-electron chi connectivity index (χ1n) is 6.85. The van der Waals surface area contributed by atoms with E-state index < -0.39 is 0 Å². The Kier molecular flexibility index (Phi) is 4.53. The fraction of sp³-hybridized carbons (Fsp3) is 0.714. The van der Waals surface area contributed by atoms with E-state index in [0.29, 0.717) is 5.92 Å². The topological polar surface area (TPSA) is 49.4 Å². The smallest absolute Gasteiger partial charge is 0.241 e. The average Bonchev–Trinajstić information content (AvgIpc) is 2.83. The second-order valence-corrected chi connectivity index (χ2v) is 5.38. The van der Waals surface area contributed by atoms with Crippen molar-refractivity contribution in [2.45, 2.75) is 44.2 Å².